The zero-order chi connectivity index (χ0) is 10.9. The van der Waals surface area contributed by atoms with Gasteiger partial charge in [0, 0.05) is 0 Å². The summed E-state index contributed by atoms with van der Waals surface area (Å²) in [5.41, 5.74) is 0. The minimum atomic E-state index is -4.78. The van der Waals surface area contributed by atoms with E-state index in [-0.39, 0.29) is 0 Å². The molecule has 0 radical (unpaired) electrons. The molecule has 7 nitrogen and oxygen atoms in total. The molecule has 0 aliphatic heterocycles. The van der Waals surface area contributed by atoms with E-state index in [9.17, 15) is 13.0 Å². The first-order valence-electron chi connectivity index (χ1n) is 3.15. The Kier molecular flexibility index (Phi) is 4.04. The zero-order valence-electron chi connectivity index (χ0n) is 6.98. The summed E-state index contributed by atoms with van der Waals surface area (Å²) in [5, 5.41) is 8.83. The van der Waals surface area contributed by atoms with Gasteiger partial charge in [-0.3, -0.25) is 8.75 Å². The molecule has 0 fully saturated rings. The molecule has 80 valence electrons. The Morgan fingerprint density at radius 2 is 1.77 bits per heavy atom. The standard InChI is InChI=1S/C4H11O7PS/c1-3(5)4(12(6,7)8)11-13(2,9)10/h3-5H,1-2H3,(H2,6,7,8). The molecule has 3 N–H and O–H groups in total. The second-order valence-corrected chi connectivity index (χ2v) is 5.81. The summed E-state index contributed by atoms with van der Waals surface area (Å²) in [7, 11) is -8.78. The fraction of sp³-hybridized carbons (Fsp3) is 1.00. The zero-order valence-corrected chi connectivity index (χ0v) is 8.70. The molecule has 0 heterocycles. The maximum Gasteiger partial charge on any atom is 0.358 e. The molecular weight excluding hydrogens is 223 g/mol. The third-order valence-electron chi connectivity index (χ3n) is 1.02. The first-order chi connectivity index (χ1) is 5.54. The average molecular weight is 234 g/mol. The summed E-state index contributed by atoms with van der Waals surface area (Å²) in [6, 6.07) is 0. The number of rotatable bonds is 4. The summed E-state index contributed by atoms with van der Waals surface area (Å²) in [5.74, 6) is -2.04. The summed E-state index contributed by atoms with van der Waals surface area (Å²) in [4.78, 5) is 17.1. The molecule has 0 aliphatic rings. The van der Waals surface area contributed by atoms with Crippen molar-refractivity contribution in [3.63, 3.8) is 0 Å². The van der Waals surface area contributed by atoms with E-state index in [2.05, 4.69) is 4.18 Å². The van der Waals surface area contributed by atoms with Crippen LogP contribution in [0, 0.1) is 0 Å². The van der Waals surface area contributed by atoms with E-state index in [1.807, 2.05) is 0 Å². The van der Waals surface area contributed by atoms with Crippen LogP contribution in [0.4, 0.5) is 0 Å². The normalized spacial score (nSPS) is 18.2. The van der Waals surface area contributed by atoms with Gasteiger partial charge in [-0.25, -0.2) is 0 Å². The van der Waals surface area contributed by atoms with Crippen molar-refractivity contribution >= 4 is 17.7 Å². The average Bonchev–Trinajstić information content (AvgIpc) is 1.77. The highest BCUT2D eigenvalue weighted by atomic mass is 32.2. The highest BCUT2D eigenvalue weighted by Gasteiger charge is 2.37. The fourth-order valence-corrected chi connectivity index (χ4v) is 2.60. The van der Waals surface area contributed by atoms with Crippen molar-refractivity contribution in [2.45, 2.75) is 18.9 Å². The van der Waals surface area contributed by atoms with Crippen molar-refractivity contribution in [2.24, 2.45) is 0 Å². The van der Waals surface area contributed by atoms with Gasteiger partial charge in [0.1, 0.15) is 0 Å². The Balaban J connectivity index is 4.77. The molecule has 0 saturated heterocycles. The third kappa shape index (κ3) is 5.35. The molecule has 13 heavy (non-hydrogen) atoms. The molecule has 0 amide bonds. The van der Waals surface area contributed by atoms with Gasteiger partial charge >= 0.3 is 7.60 Å². The van der Waals surface area contributed by atoms with Gasteiger partial charge in [0.15, 0.2) is 0 Å². The summed E-state index contributed by atoms with van der Waals surface area (Å²) in [6.45, 7) is 1.02. The van der Waals surface area contributed by atoms with Crippen molar-refractivity contribution in [2.75, 3.05) is 6.26 Å². The Morgan fingerprint density at radius 3 is 1.85 bits per heavy atom. The first kappa shape index (κ1) is 13.0. The van der Waals surface area contributed by atoms with Crippen LogP contribution in [0.5, 0.6) is 0 Å². The van der Waals surface area contributed by atoms with Gasteiger partial charge in [-0.15, -0.1) is 0 Å². The molecule has 0 rings (SSSR count). The largest absolute Gasteiger partial charge is 0.390 e. The van der Waals surface area contributed by atoms with Crippen LogP contribution in [0.1, 0.15) is 6.92 Å². The lowest BCUT2D eigenvalue weighted by molar-refractivity contribution is 0.0831. The lowest BCUT2D eigenvalue weighted by Gasteiger charge is -2.19. The quantitative estimate of drug-likeness (QED) is 0.414. The Hall–Kier alpha value is 0.0200. The van der Waals surface area contributed by atoms with Gasteiger partial charge < -0.3 is 14.9 Å². The van der Waals surface area contributed by atoms with Gasteiger partial charge in [-0.1, -0.05) is 0 Å². The highest BCUT2D eigenvalue weighted by Crippen LogP contribution is 2.44. The van der Waals surface area contributed by atoms with E-state index in [4.69, 9.17) is 14.9 Å². The predicted molar refractivity (Wildman–Crippen MR) is 43.4 cm³/mol. The first-order valence-corrected chi connectivity index (χ1v) is 6.65. The Bertz CT molecular complexity index is 300. The predicted octanol–water partition coefficient (Wildman–Crippen LogP) is -1.15. The van der Waals surface area contributed by atoms with Gasteiger partial charge in [0.2, 0.25) is 5.85 Å². The maximum absolute atomic E-state index is 10.6. The van der Waals surface area contributed by atoms with Crippen LogP contribution < -0.4 is 0 Å². The van der Waals surface area contributed by atoms with Crippen LogP contribution in [0.2, 0.25) is 0 Å². The molecule has 0 aliphatic carbocycles. The van der Waals surface area contributed by atoms with Crippen molar-refractivity contribution in [1.29, 1.82) is 0 Å². The summed E-state index contributed by atoms with van der Waals surface area (Å²) >= 11 is 0. The van der Waals surface area contributed by atoms with E-state index in [1.54, 1.807) is 0 Å². The van der Waals surface area contributed by atoms with Crippen LogP contribution in [-0.4, -0.2) is 41.5 Å². The number of hydrogen-bond acceptors (Lipinski definition) is 5. The van der Waals surface area contributed by atoms with Crippen LogP contribution in [0.25, 0.3) is 0 Å². The summed E-state index contributed by atoms with van der Waals surface area (Å²) < 4.78 is 35.7. The van der Waals surface area contributed by atoms with Crippen LogP contribution in [0.3, 0.4) is 0 Å². The van der Waals surface area contributed by atoms with E-state index in [1.165, 1.54) is 0 Å². The van der Waals surface area contributed by atoms with E-state index >= 15 is 0 Å². The second-order valence-electron chi connectivity index (χ2n) is 2.52. The molecule has 2 atom stereocenters. The Labute approximate surface area is 75.6 Å². The van der Waals surface area contributed by atoms with Crippen molar-refractivity contribution in [3.8, 4) is 0 Å². The molecular formula is C4H11O7PS. The Morgan fingerprint density at radius 1 is 1.38 bits per heavy atom. The third-order valence-corrected chi connectivity index (χ3v) is 2.92. The number of hydrogen-bond donors (Lipinski definition) is 3. The van der Waals surface area contributed by atoms with Gasteiger partial charge in [0.25, 0.3) is 10.1 Å². The van der Waals surface area contributed by atoms with E-state index < -0.39 is 29.7 Å². The van der Waals surface area contributed by atoms with Gasteiger partial charge in [-0.2, -0.15) is 8.42 Å². The molecule has 0 spiro atoms. The summed E-state index contributed by atoms with van der Waals surface area (Å²) in [6.07, 6.45) is -0.937. The smallest absolute Gasteiger partial charge is 0.358 e. The van der Waals surface area contributed by atoms with Crippen molar-refractivity contribution < 1.29 is 32.1 Å². The van der Waals surface area contributed by atoms with Crippen LogP contribution in [0.15, 0.2) is 0 Å². The number of aliphatic hydroxyl groups excluding tert-OH is 1. The molecule has 0 bridgehead atoms. The lowest BCUT2D eigenvalue weighted by atomic mass is 10.4. The maximum atomic E-state index is 10.6. The highest BCUT2D eigenvalue weighted by molar-refractivity contribution is 7.86. The monoisotopic (exact) mass is 234 g/mol. The molecule has 2 unspecified atom stereocenters. The van der Waals surface area contributed by atoms with E-state index in [0.717, 1.165) is 6.92 Å². The molecule has 0 aromatic heterocycles. The molecule has 0 aromatic rings. The number of aliphatic hydroxyl groups is 1. The minimum Gasteiger partial charge on any atom is -0.390 e. The van der Waals surface area contributed by atoms with Crippen molar-refractivity contribution in [1.82, 2.24) is 0 Å². The molecule has 9 heteroatoms. The fourth-order valence-electron chi connectivity index (χ4n) is 0.597. The SMILES string of the molecule is CC(O)C(OS(C)(=O)=O)P(=O)(O)O. The van der Waals surface area contributed by atoms with Gasteiger partial charge in [0.05, 0.1) is 12.4 Å². The molecule has 0 saturated carbocycles. The van der Waals surface area contributed by atoms with Crippen molar-refractivity contribution in [3.05, 3.63) is 0 Å². The molecule has 0 aromatic carbocycles. The second kappa shape index (κ2) is 4.04. The van der Waals surface area contributed by atoms with Gasteiger partial charge in [-0.05, 0) is 6.92 Å². The topological polar surface area (TPSA) is 121 Å². The van der Waals surface area contributed by atoms with Crippen LogP contribution >= 0.6 is 7.60 Å². The van der Waals surface area contributed by atoms with Crippen LogP contribution in [-0.2, 0) is 18.9 Å². The van der Waals surface area contributed by atoms with E-state index in [0.29, 0.717) is 6.26 Å². The minimum absolute atomic E-state index is 0.637. The lowest BCUT2D eigenvalue weighted by Crippen LogP contribution is -2.28.